The predicted octanol–water partition coefficient (Wildman–Crippen LogP) is 2.94. The Labute approximate surface area is 82.5 Å². The van der Waals surface area contributed by atoms with Crippen molar-refractivity contribution in [1.29, 1.82) is 0 Å². The Kier molecular flexibility index (Phi) is 6.72. The Morgan fingerprint density at radius 2 is 1.69 bits per heavy atom. The molecule has 0 bridgehead atoms. The van der Waals surface area contributed by atoms with Crippen LogP contribution in [0.15, 0.2) is 0 Å². The molecule has 0 rings (SSSR count). The Morgan fingerprint density at radius 3 is 2.08 bits per heavy atom. The summed E-state index contributed by atoms with van der Waals surface area (Å²) < 4.78 is 0. The maximum Gasteiger partial charge on any atom is 0.0656 e. The quantitative estimate of drug-likeness (QED) is 0.625. The number of hydrogen-bond acceptors (Lipinski definition) is 1. The summed E-state index contributed by atoms with van der Waals surface area (Å²) in [5, 5.41) is 10.1. The van der Waals surface area contributed by atoms with Crippen LogP contribution in [0.1, 0.15) is 52.4 Å². The third-order valence-electron chi connectivity index (χ3n) is 2.27. The van der Waals surface area contributed by atoms with Crippen molar-refractivity contribution in [3.8, 4) is 11.8 Å². The van der Waals surface area contributed by atoms with E-state index in [0.717, 1.165) is 38.5 Å². The molecule has 1 N–H and O–H groups in total. The fourth-order valence-electron chi connectivity index (χ4n) is 1.69. The Hall–Kier alpha value is -0.480. The maximum atomic E-state index is 10.1. The Balaban J connectivity index is 3.95. The van der Waals surface area contributed by atoms with Gasteiger partial charge < -0.3 is 5.11 Å². The van der Waals surface area contributed by atoms with E-state index in [9.17, 15) is 5.11 Å². The maximum absolute atomic E-state index is 10.1. The minimum absolute atomic E-state index is 0.479. The van der Waals surface area contributed by atoms with Crippen molar-refractivity contribution in [2.24, 2.45) is 0 Å². The molecule has 0 aliphatic rings. The monoisotopic (exact) mass is 181 g/mol. The smallest absolute Gasteiger partial charge is 0.0656 e. The third kappa shape index (κ3) is 5.71. The molecular weight excluding hydrogens is 160 g/mol. The van der Waals surface area contributed by atoms with Crippen LogP contribution in [0.4, 0.5) is 0 Å². The molecule has 0 amide bonds. The highest BCUT2D eigenvalue weighted by Crippen LogP contribution is 2.24. The van der Waals surface area contributed by atoms with Gasteiger partial charge in [-0.25, -0.2) is 0 Å². The van der Waals surface area contributed by atoms with Gasteiger partial charge in [0.15, 0.2) is 0 Å². The molecule has 0 aliphatic carbocycles. The minimum Gasteiger partial charge on any atom is -0.390 e. The van der Waals surface area contributed by atoms with Crippen LogP contribution in [0.25, 0.3) is 0 Å². The van der Waals surface area contributed by atoms with Gasteiger partial charge in [-0.3, -0.25) is 0 Å². The molecule has 1 nitrogen and oxygen atoms in total. The molecule has 0 saturated carbocycles. The van der Waals surface area contributed by atoms with Gasteiger partial charge in [-0.05, 0) is 19.3 Å². The van der Waals surface area contributed by atoms with Gasteiger partial charge >= 0.3 is 0 Å². The molecule has 0 heterocycles. The highest BCUT2D eigenvalue weighted by atomic mass is 16.3. The van der Waals surface area contributed by atoms with Gasteiger partial charge in [-0.15, -0.1) is 11.8 Å². The molecule has 0 aromatic heterocycles. The highest BCUT2D eigenvalue weighted by Gasteiger charge is 2.23. The van der Waals surface area contributed by atoms with Crippen molar-refractivity contribution in [3.05, 3.63) is 6.92 Å². The topological polar surface area (TPSA) is 20.2 Å². The zero-order chi connectivity index (χ0) is 10.2. The van der Waals surface area contributed by atoms with Gasteiger partial charge in [-0.2, -0.15) is 0 Å². The van der Waals surface area contributed by atoms with Crippen LogP contribution in [0.5, 0.6) is 0 Å². The normalized spacial score (nSPS) is 10.8. The van der Waals surface area contributed by atoms with Gasteiger partial charge in [0.05, 0.1) is 5.60 Å². The van der Waals surface area contributed by atoms with Gasteiger partial charge in [-0.1, -0.05) is 26.7 Å². The Bertz CT molecular complexity index is 167. The lowest BCUT2D eigenvalue weighted by atomic mass is 9.88. The van der Waals surface area contributed by atoms with E-state index in [1.807, 2.05) is 0 Å². The zero-order valence-electron chi connectivity index (χ0n) is 8.90. The largest absolute Gasteiger partial charge is 0.390 e. The second-order valence-corrected chi connectivity index (χ2v) is 3.58. The lowest BCUT2D eigenvalue weighted by Gasteiger charge is -2.26. The molecule has 0 unspecified atom stereocenters. The van der Waals surface area contributed by atoms with Crippen molar-refractivity contribution < 1.29 is 5.11 Å². The molecule has 1 radical (unpaired) electrons. The molecule has 0 spiro atoms. The van der Waals surface area contributed by atoms with Gasteiger partial charge in [0.2, 0.25) is 0 Å². The summed E-state index contributed by atoms with van der Waals surface area (Å²) in [5.41, 5.74) is -0.479. The van der Waals surface area contributed by atoms with Crippen LogP contribution >= 0.6 is 0 Å². The average Bonchev–Trinajstić information content (AvgIpc) is 2.05. The van der Waals surface area contributed by atoms with Gasteiger partial charge in [0.1, 0.15) is 0 Å². The van der Waals surface area contributed by atoms with Crippen molar-refractivity contribution in [1.82, 2.24) is 0 Å². The fourth-order valence-corrected chi connectivity index (χ4v) is 1.69. The standard InChI is InChI=1S/C12H21O/c1-4-7-8-11-12(13,9-5-2)10-6-3/h13H,1,5-6,8-11H2,2-3H3. The summed E-state index contributed by atoms with van der Waals surface area (Å²) >= 11 is 0. The van der Waals surface area contributed by atoms with E-state index in [4.69, 9.17) is 0 Å². The molecular formula is C12H21O. The predicted molar refractivity (Wildman–Crippen MR) is 57.1 cm³/mol. The van der Waals surface area contributed by atoms with Crippen molar-refractivity contribution in [3.63, 3.8) is 0 Å². The highest BCUT2D eigenvalue weighted by molar-refractivity contribution is 5.02. The van der Waals surface area contributed by atoms with Gasteiger partial charge in [0, 0.05) is 13.3 Å². The molecule has 75 valence electrons. The molecule has 0 aromatic rings. The van der Waals surface area contributed by atoms with E-state index >= 15 is 0 Å². The molecule has 0 fully saturated rings. The number of hydrogen-bond donors (Lipinski definition) is 1. The van der Waals surface area contributed by atoms with Crippen LogP contribution in [0, 0.1) is 18.8 Å². The number of aliphatic hydroxyl groups is 1. The lowest BCUT2D eigenvalue weighted by Crippen LogP contribution is -2.27. The van der Waals surface area contributed by atoms with Crippen LogP contribution in [0.2, 0.25) is 0 Å². The van der Waals surface area contributed by atoms with E-state index < -0.39 is 5.60 Å². The minimum atomic E-state index is -0.479. The molecule has 0 atom stereocenters. The summed E-state index contributed by atoms with van der Waals surface area (Å²) in [7, 11) is 0. The van der Waals surface area contributed by atoms with Gasteiger partial charge in [0.25, 0.3) is 0 Å². The van der Waals surface area contributed by atoms with Crippen molar-refractivity contribution >= 4 is 0 Å². The summed E-state index contributed by atoms with van der Waals surface area (Å²) in [6, 6.07) is 0. The van der Waals surface area contributed by atoms with Crippen LogP contribution in [-0.2, 0) is 0 Å². The van der Waals surface area contributed by atoms with E-state index in [1.54, 1.807) is 0 Å². The van der Waals surface area contributed by atoms with Crippen LogP contribution in [-0.4, -0.2) is 10.7 Å². The van der Waals surface area contributed by atoms with Crippen molar-refractivity contribution in [2.45, 2.75) is 58.0 Å². The first-order chi connectivity index (χ1) is 6.18. The Morgan fingerprint density at radius 1 is 1.15 bits per heavy atom. The summed E-state index contributed by atoms with van der Waals surface area (Å²) in [6.07, 6.45) is 5.40. The number of rotatable bonds is 6. The van der Waals surface area contributed by atoms with E-state index in [0.29, 0.717) is 0 Å². The van der Waals surface area contributed by atoms with E-state index in [-0.39, 0.29) is 0 Å². The molecule has 1 heteroatoms. The first-order valence-electron chi connectivity index (χ1n) is 5.16. The average molecular weight is 181 g/mol. The molecule has 0 aliphatic heterocycles. The second-order valence-electron chi connectivity index (χ2n) is 3.58. The first kappa shape index (κ1) is 12.5. The fraction of sp³-hybridized carbons (Fsp3) is 0.750. The molecule has 0 aromatic carbocycles. The van der Waals surface area contributed by atoms with E-state index in [1.165, 1.54) is 0 Å². The summed E-state index contributed by atoms with van der Waals surface area (Å²) in [5.74, 6) is 5.51. The SMILES string of the molecule is [CH2]C#CCCC(O)(CCC)CCC. The van der Waals surface area contributed by atoms with Crippen molar-refractivity contribution in [2.75, 3.05) is 0 Å². The summed E-state index contributed by atoms with van der Waals surface area (Å²) in [6.45, 7) is 7.66. The molecule has 13 heavy (non-hydrogen) atoms. The third-order valence-corrected chi connectivity index (χ3v) is 2.27. The lowest BCUT2D eigenvalue weighted by molar-refractivity contribution is 0.0143. The first-order valence-corrected chi connectivity index (χ1v) is 5.16. The van der Waals surface area contributed by atoms with E-state index in [2.05, 4.69) is 32.6 Å². The second kappa shape index (κ2) is 6.97. The summed E-state index contributed by atoms with van der Waals surface area (Å²) in [4.78, 5) is 0. The van der Waals surface area contributed by atoms with Crippen LogP contribution < -0.4 is 0 Å². The zero-order valence-corrected chi connectivity index (χ0v) is 8.90. The molecule has 0 saturated heterocycles. The van der Waals surface area contributed by atoms with Crippen LogP contribution in [0.3, 0.4) is 0 Å².